The molecule has 1 unspecified atom stereocenters. The molecule has 9 heteroatoms. The van der Waals surface area contributed by atoms with Crippen molar-refractivity contribution in [1.82, 2.24) is 0 Å². The molecule has 1 aliphatic heterocycles. The molecule has 0 radical (unpaired) electrons. The number of rotatable bonds is 5. The number of para-hydroxylation sites is 1. The summed E-state index contributed by atoms with van der Waals surface area (Å²) < 4.78 is 34.1. The first-order valence-corrected chi connectivity index (χ1v) is 12.5. The predicted octanol–water partition coefficient (Wildman–Crippen LogP) is 6.16. The zero-order valence-electron chi connectivity index (χ0n) is 21.0. The van der Waals surface area contributed by atoms with Gasteiger partial charge in [0, 0.05) is 17.0 Å². The SMILES string of the molecule is N/N=C(\N)c1ccccc1-c1cc(NC(=O)Nc2ccccc2F)c2c(c1)C(c1ccc(F)cc1)CCCO2. The molecule has 5 rings (SSSR count). The Kier molecular flexibility index (Phi) is 7.40. The van der Waals surface area contributed by atoms with Gasteiger partial charge in [-0.1, -0.05) is 48.5 Å². The summed E-state index contributed by atoms with van der Waals surface area (Å²) in [6.45, 7) is 0.428. The lowest BCUT2D eigenvalue weighted by atomic mass is 9.85. The molecule has 0 fully saturated rings. The Morgan fingerprint density at radius 2 is 1.64 bits per heavy atom. The smallest absolute Gasteiger partial charge is 0.323 e. The van der Waals surface area contributed by atoms with E-state index in [1.54, 1.807) is 36.4 Å². The van der Waals surface area contributed by atoms with Crippen molar-refractivity contribution in [1.29, 1.82) is 0 Å². The molecular weight excluding hydrogens is 500 g/mol. The van der Waals surface area contributed by atoms with E-state index in [0.29, 0.717) is 23.6 Å². The van der Waals surface area contributed by atoms with Gasteiger partial charge in [-0.2, -0.15) is 5.10 Å². The van der Waals surface area contributed by atoms with Crippen LogP contribution in [0.2, 0.25) is 0 Å². The number of carbonyl (C=O) groups excluding carboxylic acids is 1. The zero-order valence-corrected chi connectivity index (χ0v) is 21.0. The van der Waals surface area contributed by atoms with Gasteiger partial charge in [0.05, 0.1) is 18.0 Å². The summed E-state index contributed by atoms with van der Waals surface area (Å²) in [4.78, 5) is 13.0. The topological polar surface area (TPSA) is 115 Å². The summed E-state index contributed by atoms with van der Waals surface area (Å²) in [5.74, 6) is 5.12. The van der Waals surface area contributed by atoms with Gasteiger partial charge in [0.25, 0.3) is 0 Å². The van der Waals surface area contributed by atoms with E-state index in [2.05, 4.69) is 15.7 Å². The van der Waals surface area contributed by atoms with Crippen LogP contribution in [0.25, 0.3) is 11.1 Å². The van der Waals surface area contributed by atoms with Crippen molar-refractivity contribution in [2.75, 3.05) is 17.2 Å². The first-order chi connectivity index (χ1) is 18.9. The molecule has 1 heterocycles. The lowest BCUT2D eigenvalue weighted by Crippen LogP contribution is -2.21. The van der Waals surface area contributed by atoms with Crippen molar-refractivity contribution in [3.8, 4) is 16.9 Å². The second-order valence-corrected chi connectivity index (χ2v) is 9.16. The number of benzene rings is 4. The largest absolute Gasteiger partial charge is 0.491 e. The van der Waals surface area contributed by atoms with Crippen LogP contribution in [0.5, 0.6) is 5.75 Å². The predicted molar refractivity (Wildman–Crippen MR) is 149 cm³/mol. The van der Waals surface area contributed by atoms with Crippen LogP contribution in [0.3, 0.4) is 0 Å². The minimum Gasteiger partial charge on any atom is -0.491 e. The average molecular weight is 528 g/mol. The van der Waals surface area contributed by atoms with Crippen LogP contribution in [0.1, 0.15) is 35.4 Å². The van der Waals surface area contributed by atoms with E-state index < -0.39 is 11.8 Å². The van der Waals surface area contributed by atoms with E-state index in [4.69, 9.17) is 16.3 Å². The van der Waals surface area contributed by atoms with Gasteiger partial charge in [-0.15, -0.1) is 0 Å². The number of hydrogen-bond acceptors (Lipinski definition) is 4. The number of nitrogens with two attached hydrogens (primary N) is 2. The van der Waals surface area contributed by atoms with Crippen LogP contribution in [-0.4, -0.2) is 18.5 Å². The third-order valence-corrected chi connectivity index (χ3v) is 6.67. The Labute approximate surface area is 224 Å². The number of nitrogens with zero attached hydrogens (tertiary/aromatic N) is 1. The van der Waals surface area contributed by atoms with Crippen LogP contribution in [0, 0.1) is 11.6 Å². The molecule has 6 N–H and O–H groups in total. The molecule has 0 bridgehead atoms. The van der Waals surface area contributed by atoms with Gasteiger partial charge in [0.15, 0.2) is 5.84 Å². The molecule has 198 valence electrons. The molecule has 0 aromatic heterocycles. The third kappa shape index (κ3) is 5.52. The highest BCUT2D eigenvalue weighted by Crippen LogP contribution is 2.45. The molecule has 0 saturated heterocycles. The normalized spacial score (nSPS) is 15.0. The Bertz CT molecular complexity index is 1540. The van der Waals surface area contributed by atoms with E-state index in [-0.39, 0.29) is 23.3 Å². The van der Waals surface area contributed by atoms with Crippen LogP contribution in [-0.2, 0) is 0 Å². The number of amidine groups is 1. The monoisotopic (exact) mass is 527 g/mol. The quantitative estimate of drug-likeness (QED) is 0.108. The van der Waals surface area contributed by atoms with E-state index in [1.165, 1.54) is 24.3 Å². The van der Waals surface area contributed by atoms with Crippen molar-refractivity contribution in [3.05, 3.63) is 113 Å². The summed E-state index contributed by atoms with van der Waals surface area (Å²) in [6, 6.07) is 22.8. The van der Waals surface area contributed by atoms with E-state index in [1.807, 2.05) is 24.3 Å². The van der Waals surface area contributed by atoms with Gasteiger partial charge in [0.1, 0.15) is 17.4 Å². The maximum Gasteiger partial charge on any atom is 0.323 e. The molecular formula is C30H27F2N5O2. The van der Waals surface area contributed by atoms with Crippen molar-refractivity contribution < 1.29 is 18.3 Å². The number of hydrazone groups is 1. The number of carbonyl (C=O) groups is 1. The van der Waals surface area contributed by atoms with Crippen LogP contribution in [0.4, 0.5) is 25.0 Å². The Balaban J connectivity index is 1.65. The summed E-state index contributed by atoms with van der Waals surface area (Å²) in [5.41, 5.74) is 10.4. The van der Waals surface area contributed by atoms with Crippen molar-refractivity contribution in [2.45, 2.75) is 18.8 Å². The zero-order chi connectivity index (χ0) is 27.4. The van der Waals surface area contributed by atoms with Crippen LogP contribution in [0.15, 0.2) is 90.0 Å². The maximum absolute atomic E-state index is 14.2. The van der Waals surface area contributed by atoms with E-state index in [0.717, 1.165) is 35.1 Å². The van der Waals surface area contributed by atoms with Gasteiger partial charge in [-0.25, -0.2) is 13.6 Å². The first kappa shape index (κ1) is 25.7. The number of fused-ring (bicyclic) bond motifs is 1. The van der Waals surface area contributed by atoms with E-state index >= 15 is 0 Å². The fourth-order valence-corrected chi connectivity index (χ4v) is 4.84. The minimum absolute atomic E-state index is 0.0413. The van der Waals surface area contributed by atoms with Gasteiger partial charge in [-0.3, -0.25) is 0 Å². The fraction of sp³-hybridized carbons (Fsp3) is 0.133. The summed E-state index contributed by atoms with van der Waals surface area (Å²) in [6.07, 6.45) is 1.49. The number of hydrogen-bond donors (Lipinski definition) is 4. The Morgan fingerprint density at radius 3 is 2.41 bits per heavy atom. The third-order valence-electron chi connectivity index (χ3n) is 6.67. The van der Waals surface area contributed by atoms with Crippen molar-refractivity contribution in [3.63, 3.8) is 0 Å². The number of anilines is 2. The standard InChI is InChI=1S/C30H27F2N5O2/c31-20-13-11-18(12-14-20)21-8-5-15-39-28-24(21)16-19(22-6-1-2-7-23(22)29(33)37-34)17-27(28)36-30(38)35-26-10-4-3-9-25(26)32/h1-4,6-7,9-14,16-17,21H,5,8,15,34H2,(H2,33,37)(H2,35,36,38). The van der Waals surface area contributed by atoms with Gasteiger partial charge in [-0.05, 0) is 65.9 Å². The van der Waals surface area contributed by atoms with Gasteiger partial charge >= 0.3 is 6.03 Å². The molecule has 0 saturated carbocycles. The molecule has 4 aromatic rings. The van der Waals surface area contributed by atoms with Gasteiger partial charge in [0.2, 0.25) is 0 Å². The van der Waals surface area contributed by atoms with Crippen molar-refractivity contribution >= 4 is 23.2 Å². The highest BCUT2D eigenvalue weighted by atomic mass is 19.1. The molecule has 0 aliphatic carbocycles. The van der Waals surface area contributed by atoms with Crippen LogP contribution < -0.4 is 26.9 Å². The summed E-state index contributed by atoms with van der Waals surface area (Å²) in [5, 5.41) is 9.05. The number of halogens is 2. The van der Waals surface area contributed by atoms with Crippen molar-refractivity contribution in [2.24, 2.45) is 16.7 Å². The minimum atomic E-state index is -0.637. The first-order valence-electron chi connectivity index (χ1n) is 12.5. The molecule has 1 aliphatic rings. The number of ether oxygens (including phenoxy) is 1. The highest BCUT2D eigenvalue weighted by Gasteiger charge is 2.26. The van der Waals surface area contributed by atoms with Crippen LogP contribution >= 0.6 is 0 Å². The molecule has 4 aromatic carbocycles. The fourth-order valence-electron chi connectivity index (χ4n) is 4.84. The average Bonchev–Trinajstić information content (AvgIpc) is 3.17. The lowest BCUT2D eigenvalue weighted by Gasteiger charge is -2.22. The molecule has 0 spiro atoms. The summed E-state index contributed by atoms with van der Waals surface area (Å²) in [7, 11) is 0. The molecule has 39 heavy (non-hydrogen) atoms. The Hall–Kier alpha value is -4.92. The highest BCUT2D eigenvalue weighted by molar-refractivity contribution is 6.05. The second kappa shape index (κ2) is 11.2. The molecule has 2 amide bonds. The number of amides is 2. The number of nitrogens with one attached hydrogen (secondary N) is 2. The number of urea groups is 1. The molecule has 1 atom stereocenters. The lowest BCUT2D eigenvalue weighted by molar-refractivity contribution is 0.261. The second-order valence-electron chi connectivity index (χ2n) is 9.16. The maximum atomic E-state index is 14.2. The van der Waals surface area contributed by atoms with E-state index in [9.17, 15) is 13.6 Å². The van der Waals surface area contributed by atoms with Gasteiger partial charge < -0.3 is 26.9 Å². The summed E-state index contributed by atoms with van der Waals surface area (Å²) >= 11 is 0. The Morgan fingerprint density at radius 1 is 0.923 bits per heavy atom. The molecule has 7 nitrogen and oxygen atoms in total.